The largest absolute Gasteiger partial charge is 0.397 e. The van der Waals surface area contributed by atoms with Crippen LogP contribution in [0, 0.1) is 6.92 Å². The van der Waals surface area contributed by atoms with Gasteiger partial charge in [-0.15, -0.1) is 0 Å². The molecule has 3 N–H and O–H groups in total. The summed E-state index contributed by atoms with van der Waals surface area (Å²) in [5.74, 6) is 0. The van der Waals surface area contributed by atoms with E-state index in [1.807, 2.05) is 18.2 Å². The third-order valence-corrected chi connectivity index (χ3v) is 5.75. The maximum atomic E-state index is 13.1. The lowest BCUT2D eigenvalue weighted by atomic mass is 10.0. The molecule has 9 nitrogen and oxygen atoms in total. The van der Waals surface area contributed by atoms with Crippen molar-refractivity contribution in [1.82, 2.24) is 28.9 Å². The van der Waals surface area contributed by atoms with Gasteiger partial charge in [-0.3, -0.25) is 23.6 Å². The molecule has 0 aliphatic heterocycles. The Balaban J connectivity index is 1.91. The van der Waals surface area contributed by atoms with E-state index in [0.717, 1.165) is 0 Å². The van der Waals surface area contributed by atoms with E-state index in [4.69, 9.17) is 17.3 Å². The summed E-state index contributed by atoms with van der Waals surface area (Å²) in [7, 11) is 3.41. The average molecular weight is 436 g/mol. The maximum absolute atomic E-state index is 13.1. The zero-order valence-electron chi connectivity index (χ0n) is 17.0. The van der Waals surface area contributed by atoms with Gasteiger partial charge in [0.25, 0.3) is 5.56 Å². The number of imidazole rings is 1. The molecule has 0 spiro atoms. The molecule has 5 aromatic rings. The number of H-pyrrole nitrogens is 1. The second-order valence-corrected chi connectivity index (χ2v) is 7.83. The number of benzene rings is 1. The van der Waals surface area contributed by atoms with Gasteiger partial charge in [0.05, 0.1) is 34.6 Å². The Kier molecular flexibility index (Phi) is 4.06. The normalized spacial score (nSPS) is 11.6. The van der Waals surface area contributed by atoms with Crippen molar-refractivity contribution >= 4 is 39.2 Å². The molecule has 4 heterocycles. The first-order chi connectivity index (χ1) is 14.8. The number of pyridine rings is 2. The van der Waals surface area contributed by atoms with Crippen LogP contribution in [-0.4, -0.2) is 28.9 Å². The van der Waals surface area contributed by atoms with Crippen LogP contribution in [0.15, 0.2) is 46.2 Å². The number of anilines is 1. The number of aromatic amines is 1. The van der Waals surface area contributed by atoms with E-state index < -0.39 is 0 Å². The molecule has 10 heteroatoms. The quantitative estimate of drug-likeness (QED) is 0.442. The summed E-state index contributed by atoms with van der Waals surface area (Å²) in [4.78, 5) is 33.0. The molecular formula is C21H18ClN7O2. The zero-order chi connectivity index (χ0) is 22.0. The Hall–Kier alpha value is -3.85. The SMILES string of the molecule is Cc1[nH]c(=O)c(-c2ccc3ncc4c(c3c2)n(-c2cn(C)nc2Cl)c(=O)n4C)cc1N. The van der Waals surface area contributed by atoms with Gasteiger partial charge in [0.1, 0.15) is 5.69 Å². The summed E-state index contributed by atoms with van der Waals surface area (Å²) in [5, 5.41) is 5.07. The van der Waals surface area contributed by atoms with Crippen LogP contribution in [0.25, 0.3) is 38.8 Å². The van der Waals surface area contributed by atoms with Gasteiger partial charge >= 0.3 is 5.69 Å². The first-order valence-electron chi connectivity index (χ1n) is 9.45. The number of nitrogens with one attached hydrogen (secondary N) is 1. The van der Waals surface area contributed by atoms with Gasteiger partial charge < -0.3 is 10.7 Å². The lowest BCUT2D eigenvalue weighted by molar-refractivity contribution is 0.767. The molecule has 5 rings (SSSR count). The van der Waals surface area contributed by atoms with Gasteiger partial charge in [-0.2, -0.15) is 5.10 Å². The number of fused-ring (bicyclic) bond motifs is 3. The molecule has 31 heavy (non-hydrogen) atoms. The minimum absolute atomic E-state index is 0.209. The zero-order valence-corrected chi connectivity index (χ0v) is 17.7. The van der Waals surface area contributed by atoms with E-state index in [-0.39, 0.29) is 16.4 Å². The van der Waals surface area contributed by atoms with Crippen molar-refractivity contribution in [3.05, 3.63) is 68.3 Å². The third-order valence-electron chi connectivity index (χ3n) is 5.48. The third kappa shape index (κ3) is 2.77. The van der Waals surface area contributed by atoms with Gasteiger partial charge in [0, 0.05) is 30.7 Å². The number of rotatable bonds is 2. The molecule has 0 aliphatic carbocycles. The summed E-state index contributed by atoms with van der Waals surface area (Å²) >= 11 is 6.32. The number of aromatic nitrogens is 6. The standard InChI is InChI=1S/C21H18ClN7O2/c1-10-14(23)7-12(20(30)25-10)11-4-5-15-13(6-11)18-16(8-24-15)28(3)21(31)29(18)17-9-27(2)26-19(17)22/h4-9H,23H2,1-3H3,(H,25,30). The lowest BCUT2D eigenvalue weighted by Gasteiger charge is -2.08. The molecule has 0 amide bonds. The Bertz CT molecular complexity index is 1640. The van der Waals surface area contributed by atoms with E-state index in [1.54, 1.807) is 44.2 Å². The lowest BCUT2D eigenvalue weighted by Crippen LogP contribution is -2.20. The molecule has 0 atom stereocenters. The Morgan fingerprint density at radius 2 is 1.94 bits per heavy atom. The molecule has 0 saturated heterocycles. The number of nitrogens with zero attached hydrogens (tertiary/aromatic N) is 5. The highest BCUT2D eigenvalue weighted by atomic mass is 35.5. The minimum atomic E-state index is -0.276. The summed E-state index contributed by atoms with van der Waals surface area (Å²) < 4.78 is 4.58. The number of hydrogen-bond acceptors (Lipinski definition) is 5. The van der Waals surface area contributed by atoms with E-state index >= 15 is 0 Å². The summed E-state index contributed by atoms with van der Waals surface area (Å²) in [6, 6.07) is 7.11. The average Bonchev–Trinajstić information content (AvgIpc) is 3.19. The first-order valence-corrected chi connectivity index (χ1v) is 9.83. The minimum Gasteiger partial charge on any atom is -0.397 e. The number of nitrogen functional groups attached to an aromatic ring is 1. The number of nitrogens with two attached hydrogens (primary N) is 1. The van der Waals surface area contributed by atoms with Crippen molar-refractivity contribution < 1.29 is 0 Å². The van der Waals surface area contributed by atoms with Crippen LogP contribution in [0.4, 0.5) is 5.69 Å². The second kappa shape index (κ2) is 6.58. The van der Waals surface area contributed by atoms with Crippen LogP contribution >= 0.6 is 11.6 Å². The van der Waals surface area contributed by atoms with E-state index in [1.165, 1.54) is 9.13 Å². The molecule has 1 aromatic carbocycles. The van der Waals surface area contributed by atoms with Gasteiger partial charge in [-0.25, -0.2) is 4.79 Å². The van der Waals surface area contributed by atoms with Crippen molar-refractivity contribution in [2.45, 2.75) is 6.92 Å². The Morgan fingerprint density at radius 3 is 2.65 bits per heavy atom. The molecule has 0 fully saturated rings. The van der Waals surface area contributed by atoms with Crippen molar-refractivity contribution in [1.29, 1.82) is 0 Å². The summed E-state index contributed by atoms with van der Waals surface area (Å²) in [6.45, 7) is 1.74. The van der Waals surface area contributed by atoms with Crippen LogP contribution < -0.4 is 17.0 Å². The van der Waals surface area contributed by atoms with Crippen molar-refractivity contribution in [2.24, 2.45) is 14.1 Å². The van der Waals surface area contributed by atoms with E-state index in [2.05, 4.69) is 15.1 Å². The Morgan fingerprint density at radius 1 is 1.16 bits per heavy atom. The fourth-order valence-electron chi connectivity index (χ4n) is 3.84. The highest BCUT2D eigenvalue weighted by Gasteiger charge is 2.20. The van der Waals surface area contributed by atoms with Crippen LogP contribution in [0.1, 0.15) is 5.69 Å². The number of hydrogen-bond donors (Lipinski definition) is 2. The number of halogens is 1. The first kappa shape index (κ1) is 19.1. The molecule has 0 saturated carbocycles. The molecule has 0 radical (unpaired) electrons. The van der Waals surface area contributed by atoms with Crippen molar-refractivity contribution in [3.8, 4) is 16.8 Å². The van der Waals surface area contributed by atoms with Crippen LogP contribution in [0.3, 0.4) is 0 Å². The van der Waals surface area contributed by atoms with Crippen molar-refractivity contribution in [3.63, 3.8) is 0 Å². The van der Waals surface area contributed by atoms with E-state index in [0.29, 0.717) is 50.1 Å². The second-order valence-electron chi connectivity index (χ2n) is 7.47. The smallest absolute Gasteiger partial charge is 0.333 e. The van der Waals surface area contributed by atoms with Crippen LogP contribution in [-0.2, 0) is 14.1 Å². The predicted molar refractivity (Wildman–Crippen MR) is 121 cm³/mol. The van der Waals surface area contributed by atoms with Gasteiger partial charge in [-0.05, 0) is 30.7 Å². The molecule has 0 unspecified atom stereocenters. The molecule has 156 valence electrons. The topological polar surface area (TPSA) is 117 Å². The molecule has 0 bridgehead atoms. The molecular weight excluding hydrogens is 418 g/mol. The van der Waals surface area contributed by atoms with E-state index in [9.17, 15) is 9.59 Å². The molecule has 0 aliphatic rings. The monoisotopic (exact) mass is 435 g/mol. The van der Waals surface area contributed by atoms with Gasteiger partial charge in [0.15, 0.2) is 5.15 Å². The Labute approximate surface area is 180 Å². The predicted octanol–water partition coefficient (Wildman–Crippen LogP) is 2.51. The molecule has 4 aromatic heterocycles. The highest BCUT2D eigenvalue weighted by molar-refractivity contribution is 6.31. The van der Waals surface area contributed by atoms with Crippen LogP contribution in [0.2, 0.25) is 5.15 Å². The van der Waals surface area contributed by atoms with Crippen molar-refractivity contribution in [2.75, 3.05) is 5.73 Å². The summed E-state index contributed by atoms with van der Waals surface area (Å²) in [5.41, 5.74) is 10.1. The fraction of sp³-hybridized carbons (Fsp3) is 0.143. The van der Waals surface area contributed by atoms with Gasteiger partial charge in [-0.1, -0.05) is 17.7 Å². The summed E-state index contributed by atoms with van der Waals surface area (Å²) in [6.07, 6.45) is 3.33. The fourth-order valence-corrected chi connectivity index (χ4v) is 4.09. The highest BCUT2D eigenvalue weighted by Crippen LogP contribution is 2.30. The van der Waals surface area contributed by atoms with Crippen LogP contribution in [0.5, 0.6) is 0 Å². The maximum Gasteiger partial charge on any atom is 0.333 e. The number of aryl methyl sites for hydroxylation is 3. The van der Waals surface area contributed by atoms with Gasteiger partial charge in [0.2, 0.25) is 0 Å².